The van der Waals surface area contributed by atoms with Crippen molar-refractivity contribution in [2.75, 3.05) is 13.2 Å². The molecule has 5 heteroatoms. The van der Waals surface area contributed by atoms with Crippen molar-refractivity contribution in [3.8, 4) is 0 Å². The molecule has 0 bridgehead atoms. The van der Waals surface area contributed by atoms with Crippen molar-refractivity contribution < 1.29 is 19.1 Å². The van der Waals surface area contributed by atoms with Gasteiger partial charge in [0.05, 0.1) is 12.7 Å². The Hall–Kier alpha value is -2.21. The van der Waals surface area contributed by atoms with Crippen LogP contribution in [0.25, 0.3) is 0 Å². The van der Waals surface area contributed by atoms with Crippen LogP contribution < -0.4 is 10.4 Å². The Bertz CT molecular complexity index is 878. The van der Waals surface area contributed by atoms with Crippen LogP contribution in [0.1, 0.15) is 41.0 Å². The van der Waals surface area contributed by atoms with Gasteiger partial charge in [0, 0.05) is 18.6 Å². The van der Waals surface area contributed by atoms with Gasteiger partial charge in [-0.1, -0.05) is 93.9 Å². The van der Waals surface area contributed by atoms with Crippen molar-refractivity contribution in [2.24, 2.45) is 11.8 Å². The summed E-state index contributed by atoms with van der Waals surface area (Å²) in [6.45, 7) is 11.4. The zero-order valence-electron chi connectivity index (χ0n) is 19.9. The average Bonchev–Trinajstić information content (AvgIpc) is 3.02. The van der Waals surface area contributed by atoms with E-state index in [-0.39, 0.29) is 22.8 Å². The summed E-state index contributed by atoms with van der Waals surface area (Å²) in [6, 6.07) is 21.1. The zero-order valence-corrected chi connectivity index (χ0v) is 20.9. The van der Waals surface area contributed by atoms with E-state index in [9.17, 15) is 9.90 Å². The summed E-state index contributed by atoms with van der Waals surface area (Å²) >= 11 is 0. The highest BCUT2D eigenvalue weighted by Crippen LogP contribution is 2.41. The fourth-order valence-electron chi connectivity index (χ4n) is 4.92. The van der Waals surface area contributed by atoms with Crippen LogP contribution in [0.5, 0.6) is 0 Å². The van der Waals surface area contributed by atoms with E-state index in [1.807, 2.05) is 19.1 Å². The summed E-state index contributed by atoms with van der Waals surface area (Å²) in [5, 5.41) is 12.9. The van der Waals surface area contributed by atoms with E-state index >= 15 is 0 Å². The highest BCUT2D eigenvalue weighted by molar-refractivity contribution is 6.99. The average molecular weight is 453 g/mol. The van der Waals surface area contributed by atoms with Crippen LogP contribution in [0, 0.1) is 11.8 Å². The van der Waals surface area contributed by atoms with E-state index in [0.717, 1.165) is 5.57 Å². The van der Waals surface area contributed by atoms with Crippen LogP contribution in [-0.2, 0) is 14.0 Å². The summed E-state index contributed by atoms with van der Waals surface area (Å²) in [5.74, 6) is -0.371. The van der Waals surface area contributed by atoms with Crippen molar-refractivity contribution in [3.63, 3.8) is 0 Å². The van der Waals surface area contributed by atoms with Gasteiger partial charge in [-0.25, -0.2) is 4.79 Å². The number of carbonyl (C=O) groups excluding carboxylic acids is 1. The monoisotopic (exact) mass is 452 g/mol. The van der Waals surface area contributed by atoms with Gasteiger partial charge in [-0.3, -0.25) is 0 Å². The molecule has 3 rings (SSSR count). The Morgan fingerprint density at radius 1 is 1.06 bits per heavy atom. The number of benzene rings is 2. The first-order chi connectivity index (χ1) is 15.2. The van der Waals surface area contributed by atoms with Gasteiger partial charge in [0.2, 0.25) is 0 Å². The van der Waals surface area contributed by atoms with E-state index < -0.39 is 14.4 Å². The molecule has 0 saturated heterocycles. The molecule has 0 unspecified atom stereocenters. The molecule has 0 aromatic heterocycles. The molecule has 1 aliphatic rings. The molecule has 1 fully saturated rings. The van der Waals surface area contributed by atoms with Gasteiger partial charge in [0.25, 0.3) is 8.32 Å². The van der Waals surface area contributed by atoms with Gasteiger partial charge in [-0.05, 0) is 34.7 Å². The fraction of sp³-hybridized carbons (Fsp3) is 0.444. The number of aliphatic hydroxyl groups is 1. The minimum atomic E-state index is -2.68. The second kappa shape index (κ2) is 10.2. The summed E-state index contributed by atoms with van der Waals surface area (Å²) < 4.78 is 12.2. The Morgan fingerprint density at radius 3 is 2.06 bits per heavy atom. The summed E-state index contributed by atoms with van der Waals surface area (Å²) in [5.41, 5.74) is 0.918. The molecule has 4 nitrogen and oxygen atoms in total. The van der Waals surface area contributed by atoms with Crippen molar-refractivity contribution in [3.05, 3.63) is 72.3 Å². The number of aliphatic hydroxyl groups excluding tert-OH is 1. The fourth-order valence-corrected chi connectivity index (χ4v) is 9.51. The van der Waals surface area contributed by atoms with Crippen LogP contribution in [0.4, 0.5) is 0 Å². The summed E-state index contributed by atoms with van der Waals surface area (Å²) in [7, 11) is -2.68. The smallest absolute Gasteiger partial charge is 0.330 e. The molecular weight excluding hydrogens is 416 g/mol. The van der Waals surface area contributed by atoms with Crippen LogP contribution in [-0.4, -0.2) is 38.7 Å². The first-order valence-electron chi connectivity index (χ1n) is 11.5. The van der Waals surface area contributed by atoms with E-state index in [4.69, 9.17) is 9.16 Å². The van der Waals surface area contributed by atoms with Crippen molar-refractivity contribution in [1.82, 2.24) is 0 Å². The Kier molecular flexibility index (Phi) is 7.75. The van der Waals surface area contributed by atoms with Gasteiger partial charge in [0.1, 0.15) is 0 Å². The van der Waals surface area contributed by atoms with Crippen LogP contribution in [0.3, 0.4) is 0 Å². The van der Waals surface area contributed by atoms with E-state index in [2.05, 4.69) is 69.3 Å². The molecule has 1 aliphatic carbocycles. The third kappa shape index (κ3) is 4.90. The lowest BCUT2D eigenvalue weighted by Gasteiger charge is -2.44. The van der Waals surface area contributed by atoms with Gasteiger partial charge in [-0.2, -0.15) is 0 Å². The number of esters is 1. The molecule has 172 valence electrons. The van der Waals surface area contributed by atoms with Crippen molar-refractivity contribution in [1.29, 1.82) is 0 Å². The normalized spacial score (nSPS) is 22.8. The number of ether oxygens (including phenoxy) is 1. The second-order valence-corrected chi connectivity index (χ2v) is 14.0. The van der Waals surface area contributed by atoms with Gasteiger partial charge in [-0.15, -0.1) is 0 Å². The van der Waals surface area contributed by atoms with E-state index in [0.29, 0.717) is 19.6 Å². The van der Waals surface area contributed by atoms with E-state index in [1.54, 1.807) is 13.0 Å². The third-order valence-corrected chi connectivity index (χ3v) is 11.7. The van der Waals surface area contributed by atoms with E-state index in [1.165, 1.54) is 10.4 Å². The standard InChI is InChI=1S/C27H36O4Si/c1-6-30-26(29)18-21-17-25(28)20(2)24(21)19-31-32(27(3,4)5,22-13-9-7-10-14-22)23-15-11-8-12-16-23/h7-16,18,20,24-25,28H,6,17,19H2,1-5H3/b21-18+/t20-,24-,25+/m1/s1. The molecule has 0 spiro atoms. The molecule has 0 radical (unpaired) electrons. The molecule has 32 heavy (non-hydrogen) atoms. The molecule has 0 aliphatic heterocycles. The highest BCUT2D eigenvalue weighted by atomic mass is 28.4. The molecule has 0 amide bonds. The minimum absolute atomic E-state index is 0.00823. The lowest BCUT2D eigenvalue weighted by molar-refractivity contribution is -0.137. The maximum absolute atomic E-state index is 12.1. The first kappa shape index (κ1) is 24.4. The zero-order chi connectivity index (χ0) is 23.4. The Morgan fingerprint density at radius 2 is 1.59 bits per heavy atom. The van der Waals surface area contributed by atoms with Crippen LogP contribution >= 0.6 is 0 Å². The molecule has 1 saturated carbocycles. The van der Waals surface area contributed by atoms with Gasteiger partial charge >= 0.3 is 5.97 Å². The maximum atomic E-state index is 12.1. The molecule has 3 atom stereocenters. The number of hydrogen-bond acceptors (Lipinski definition) is 4. The SMILES string of the molecule is CCOC(=O)/C=C1\C[C@H](O)[C@H](C)[C@H]1CO[Si](c1ccccc1)(c1ccccc1)C(C)(C)C. The van der Waals surface area contributed by atoms with Crippen LogP contribution in [0.2, 0.25) is 5.04 Å². The Balaban J connectivity index is 2.03. The highest BCUT2D eigenvalue weighted by Gasteiger charge is 2.51. The minimum Gasteiger partial charge on any atom is -0.463 e. The predicted octanol–water partition coefficient (Wildman–Crippen LogP) is 4.07. The molecule has 1 N–H and O–H groups in total. The third-order valence-electron chi connectivity index (χ3n) is 6.65. The van der Waals surface area contributed by atoms with Crippen molar-refractivity contribution in [2.45, 2.75) is 52.2 Å². The second-order valence-electron chi connectivity index (χ2n) is 9.68. The summed E-state index contributed by atoms with van der Waals surface area (Å²) in [6.07, 6.45) is 1.56. The largest absolute Gasteiger partial charge is 0.463 e. The lowest BCUT2D eigenvalue weighted by atomic mass is 9.95. The quantitative estimate of drug-likeness (QED) is 0.391. The molecular formula is C27H36O4Si. The number of hydrogen-bond donors (Lipinski definition) is 1. The molecule has 0 heterocycles. The number of rotatable bonds is 7. The molecule has 2 aromatic rings. The van der Waals surface area contributed by atoms with Gasteiger partial charge in [0.15, 0.2) is 0 Å². The van der Waals surface area contributed by atoms with Gasteiger partial charge < -0.3 is 14.3 Å². The molecule has 2 aromatic carbocycles. The first-order valence-corrected chi connectivity index (χ1v) is 13.4. The topological polar surface area (TPSA) is 55.8 Å². The number of carbonyl (C=O) groups is 1. The maximum Gasteiger partial charge on any atom is 0.330 e. The Labute approximate surface area is 193 Å². The van der Waals surface area contributed by atoms with Crippen LogP contribution in [0.15, 0.2) is 72.3 Å². The van der Waals surface area contributed by atoms with Crippen molar-refractivity contribution >= 4 is 24.7 Å². The predicted molar refractivity (Wildman–Crippen MR) is 132 cm³/mol. The summed E-state index contributed by atoms with van der Waals surface area (Å²) in [4.78, 5) is 12.1. The lowest BCUT2D eigenvalue weighted by Crippen LogP contribution is -2.67.